The summed E-state index contributed by atoms with van der Waals surface area (Å²) in [6.07, 6.45) is 0.699. The molecule has 0 atom stereocenters. The van der Waals surface area contributed by atoms with E-state index in [4.69, 9.17) is 16.7 Å². The van der Waals surface area contributed by atoms with E-state index >= 15 is 0 Å². The number of alkyl halides is 1. The van der Waals surface area contributed by atoms with Crippen molar-refractivity contribution in [3.63, 3.8) is 0 Å². The molecular weight excluding hydrogens is 196 g/mol. The largest absolute Gasteiger partial charge is 0.392 e. The fraction of sp³-hybridized carbons (Fsp3) is 0.333. The van der Waals surface area contributed by atoms with Gasteiger partial charge in [0.15, 0.2) is 0 Å². The molecule has 0 bridgehead atoms. The first kappa shape index (κ1) is 11.1. The third-order valence-corrected chi connectivity index (χ3v) is 2.12. The molecule has 1 rings (SSSR count). The second-order valence-corrected chi connectivity index (χ2v) is 3.43. The molecule has 0 aliphatic heterocycles. The van der Waals surface area contributed by atoms with E-state index in [1.165, 1.54) is 0 Å². The van der Waals surface area contributed by atoms with Crippen LogP contribution in [-0.4, -0.2) is 11.0 Å². The summed E-state index contributed by atoms with van der Waals surface area (Å²) in [5.41, 5.74) is 3.00. The zero-order valence-electron chi connectivity index (χ0n) is 8.18. The lowest BCUT2D eigenvalue weighted by atomic mass is 10.1. The lowest BCUT2D eigenvalue weighted by Crippen LogP contribution is -1.88. The van der Waals surface area contributed by atoms with Gasteiger partial charge in [0.05, 0.1) is 6.61 Å². The molecule has 74 valence electrons. The maximum absolute atomic E-state index is 8.96. The Labute approximate surface area is 89.7 Å². The van der Waals surface area contributed by atoms with Gasteiger partial charge in [-0.15, -0.1) is 11.6 Å². The third kappa shape index (κ3) is 3.06. The molecule has 0 aliphatic rings. The van der Waals surface area contributed by atoms with Crippen molar-refractivity contribution < 1.29 is 5.11 Å². The zero-order chi connectivity index (χ0) is 10.4. The van der Waals surface area contributed by atoms with Crippen LogP contribution in [0.1, 0.15) is 23.1 Å². The molecule has 1 nitrogen and oxygen atoms in total. The Bertz CT molecular complexity index is 360. The summed E-state index contributed by atoms with van der Waals surface area (Å²) >= 11 is 5.52. The van der Waals surface area contributed by atoms with Gasteiger partial charge < -0.3 is 5.11 Å². The summed E-state index contributed by atoms with van der Waals surface area (Å²) in [5, 5.41) is 8.96. The minimum atomic E-state index is 0.0600. The second-order valence-electron chi connectivity index (χ2n) is 3.05. The molecule has 1 aromatic carbocycles. The Morgan fingerprint density at radius 3 is 2.86 bits per heavy atom. The van der Waals surface area contributed by atoms with Crippen molar-refractivity contribution in [3.8, 4) is 11.8 Å². The lowest BCUT2D eigenvalue weighted by Gasteiger charge is -2.00. The number of hydrogen-bond donors (Lipinski definition) is 1. The van der Waals surface area contributed by atoms with Crippen molar-refractivity contribution in [2.24, 2.45) is 0 Å². The van der Waals surface area contributed by atoms with Gasteiger partial charge in [0.25, 0.3) is 0 Å². The van der Waals surface area contributed by atoms with Gasteiger partial charge in [0.1, 0.15) is 0 Å². The monoisotopic (exact) mass is 208 g/mol. The summed E-state index contributed by atoms with van der Waals surface area (Å²) in [6, 6.07) is 5.79. The van der Waals surface area contributed by atoms with Gasteiger partial charge in [-0.25, -0.2) is 0 Å². The highest BCUT2D eigenvalue weighted by Crippen LogP contribution is 2.09. The molecule has 0 spiro atoms. The molecule has 0 heterocycles. The second kappa shape index (κ2) is 5.70. The molecule has 0 saturated heterocycles. The Kier molecular flexibility index (Phi) is 4.52. The zero-order valence-corrected chi connectivity index (χ0v) is 8.93. The van der Waals surface area contributed by atoms with Crippen LogP contribution < -0.4 is 0 Å². The van der Waals surface area contributed by atoms with E-state index < -0.39 is 0 Å². The van der Waals surface area contributed by atoms with Crippen LogP contribution in [0.5, 0.6) is 0 Å². The van der Waals surface area contributed by atoms with E-state index in [1.807, 2.05) is 25.1 Å². The minimum absolute atomic E-state index is 0.0600. The molecule has 0 radical (unpaired) electrons. The van der Waals surface area contributed by atoms with E-state index in [9.17, 15) is 0 Å². The SMILES string of the molecule is Cc1ccc(CO)cc1C#CCCCl. The van der Waals surface area contributed by atoms with Gasteiger partial charge in [0.2, 0.25) is 0 Å². The molecule has 14 heavy (non-hydrogen) atoms. The van der Waals surface area contributed by atoms with Crippen molar-refractivity contribution in [2.75, 3.05) is 5.88 Å². The number of aliphatic hydroxyl groups is 1. The van der Waals surface area contributed by atoms with Crippen LogP contribution in [0.4, 0.5) is 0 Å². The van der Waals surface area contributed by atoms with E-state index in [0.717, 1.165) is 16.7 Å². The molecule has 0 amide bonds. The van der Waals surface area contributed by atoms with Crippen LogP contribution in [0.3, 0.4) is 0 Å². The van der Waals surface area contributed by atoms with Crippen LogP contribution in [0.25, 0.3) is 0 Å². The van der Waals surface area contributed by atoms with E-state index in [2.05, 4.69) is 11.8 Å². The van der Waals surface area contributed by atoms with Crippen LogP contribution >= 0.6 is 11.6 Å². The fourth-order valence-electron chi connectivity index (χ4n) is 1.11. The summed E-state index contributed by atoms with van der Waals surface area (Å²) in [7, 11) is 0. The number of benzene rings is 1. The molecule has 0 unspecified atom stereocenters. The Morgan fingerprint density at radius 2 is 2.21 bits per heavy atom. The van der Waals surface area contributed by atoms with Gasteiger partial charge in [-0.2, -0.15) is 0 Å². The Hall–Kier alpha value is -0.970. The maximum Gasteiger partial charge on any atom is 0.0682 e. The minimum Gasteiger partial charge on any atom is -0.392 e. The van der Waals surface area contributed by atoms with Gasteiger partial charge in [-0.1, -0.05) is 24.0 Å². The average molecular weight is 209 g/mol. The van der Waals surface area contributed by atoms with Gasteiger partial charge in [-0.3, -0.25) is 0 Å². The quantitative estimate of drug-likeness (QED) is 0.585. The standard InChI is InChI=1S/C12H13ClO/c1-10-5-6-11(9-14)8-12(10)4-2-3-7-13/h5-6,8,14H,3,7,9H2,1H3. The molecule has 0 aliphatic carbocycles. The normalized spacial score (nSPS) is 9.36. The highest BCUT2D eigenvalue weighted by molar-refractivity contribution is 6.18. The third-order valence-electron chi connectivity index (χ3n) is 1.93. The van der Waals surface area contributed by atoms with Crippen LogP contribution in [-0.2, 0) is 6.61 Å². The number of aliphatic hydroxyl groups excluding tert-OH is 1. The maximum atomic E-state index is 8.96. The topological polar surface area (TPSA) is 20.2 Å². The fourth-order valence-corrected chi connectivity index (χ4v) is 1.20. The van der Waals surface area contributed by atoms with Crippen molar-refractivity contribution in [1.82, 2.24) is 0 Å². The van der Waals surface area contributed by atoms with Gasteiger partial charge >= 0.3 is 0 Å². The molecule has 2 heteroatoms. The van der Waals surface area contributed by atoms with E-state index in [0.29, 0.717) is 12.3 Å². The summed E-state index contributed by atoms with van der Waals surface area (Å²) in [6.45, 7) is 2.07. The predicted octanol–water partition coefficient (Wildman–Crippen LogP) is 2.47. The van der Waals surface area contributed by atoms with Crippen molar-refractivity contribution in [3.05, 3.63) is 34.9 Å². The predicted molar refractivity (Wildman–Crippen MR) is 59.3 cm³/mol. The molecule has 0 saturated carbocycles. The van der Waals surface area contributed by atoms with E-state index in [-0.39, 0.29) is 6.61 Å². The number of hydrogen-bond acceptors (Lipinski definition) is 1. The average Bonchev–Trinajstić information content (AvgIpc) is 2.21. The first-order chi connectivity index (χ1) is 6.77. The summed E-state index contributed by atoms with van der Waals surface area (Å²) < 4.78 is 0. The Morgan fingerprint density at radius 1 is 1.43 bits per heavy atom. The van der Waals surface area contributed by atoms with Gasteiger partial charge in [0, 0.05) is 17.9 Å². The number of aryl methyl sites for hydroxylation is 1. The number of halogens is 1. The van der Waals surface area contributed by atoms with Crippen molar-refractivity contribution in [2.45, 2.75) is 20.0 Å². The van der Waals surface area contributed by atoms with E-state index in [1.54, 1.807) is 0 Å². The lowest BCUT2D eigenvalue weighted by molar-refractivity contribution is 0.282. The first-order valence-electron chi connectivity index (χ1n) is 4.53. The van der Waals surface area contributed by atoms with Crippen molar-refractivity contribution >= 4 is 11.6 Å². The highest BCUT2D eigenvalue weighted by Gasteiger charge is 1.96. The molecule has 0 fully saturated rings. The highest BCUT2D eigenvalue weighted by atomic mass is 35.5. The smallest absolute Gasteiger partial charge is 0.0682 e. The van der Waals surface area contributed by atoms with Gasteiger partial charge in [-0.05, 0) is 24.1 Å². The summed E-state index contributed by atoms with van der Waals surface area (Å²) in [5.74, 6) is 6.58. The first-order valence-corrected chi connectivity index (χ1v) is 5.06. The molecular formula is C12H13ClO. The number of rotatable bonds is 2. The molecule has 1 aromatic rings. The molecule has 0 aromatic heterocycles. The van der Waals surface area contributed by atoms with Crippen molar-refractivity contribution in [1.29, 1.82) is 0 Å². The Balaban J connectivity index is 2.91. The van der Waals surface area contributed by atoms with Crippen LogP contribution in [0, 0.1) is 18.8 Å². The van der Waals surface area contributed by atoms with Crippen LogP contribution in [0.2, 0.25) is 0 Å². The van der Waals surface area contributed by atoms with Crippen LogP contribution in [0.15, 0.2) is 18.2 Å². The summed E-state index contributed by atoms with van der Waals surface area (Å²) in [4.78, 5) is 0. The molecule has 1 N–H and O–H groups in total.